The summed E-state index contributed by atoms with van der Waals surface area (Å²) in [6, 6.07) is 14.5. The Labute approximate surface area is 170 Å². The van der Waals surface area contributed by atoms with Crippen molar-refractivity contribution in [2.45, 2.75) is 6.92 Å². The topological polar surface area (TPSA) is 18.8 Å². The summed E-state index contributed by atoms with van der Waals surface area (Å²) < 4.78 is 0. The van der Waals surface area contributed by atoms with Gasteiger partial charge >= 0.3 is 0 Å². The molecule has 0 saturated heterocycles. The number of hydrogen-bond donors (Lipinski definition) is 0. The molecule has 0 radical (unpaired) electrons. The lowest BCUT2D eigenvalue weighted by Crippen LogP contribution is -2.13. The van der Waals surface area contributed by atoms with Crippen LogP contribution >= 0.6 is 0 Å². The SMILES string of the molecule is C=Cc1ccc(C(=C)C(=C)c2ccccc2C(C)=NCN(C)C)cc1N(C)C. The first-order valence-corrected chi connectivity index (χ1v) is 9.34. The predicted molar refractivity (Wildman–Crippen MR) is 126 cm³/mol. The zero-order valence-corrected chi connectivity index (χ0v) is 17.8. The fourth-order valence-electron chi connectivity index (χ4n) is 3.02. The predicted octanol–water partition coefficient (Wildman–Crippen LogP) is 5.45. The number of rotatable bonds is 8. The Hall–Kier alpha value is -2.91. The average molecular weight is 374 g/mol. The van der Waals surface area contributed by atoms with Crippen LogP contribution in [0.4, 0.5) is 5.69 Å². The van der Waals surface area contributed by atoms with Crippen LogP contribution in [0, 0.1) is 0 Å². The lowest BCUT2D eigenvalue weighted by Gasteiger charge is -2.19. The minimum Gasteiger partial charge on any atom is -0.377 e. The second-order valence-electron chi connectivity index (χ2n) is 7.34. The molecule has 0 bridgehead atoms. The Balaban J connectivity index is 2.42. The minimum absolute atomic E-state index is 0.656. The van der Waals surface area contributed by atoms with Gasteiger partial charge in [-0.05, 0) is 54.9 Å². The average Bonchev–Trinajstić information content (AvgIpc) is 2.70. The first kappa shape index (κ1) is 21.4. The van der Waals surface area contributed by atoms with E-state index in [4.69, 9.17) is 0 Å². The highest BCUT2D eigenvalue weighted by molar-refractivity contribution is 6.10. The smallest absolute Gasteiger partial charge is 0.0907 e. The van der Waals surface area contributed by atoms with Gasteiger partial charge in [-0.15, -0.1) is 0 Å². The van der Waals surface area contributed by atoms with Gasteiger partial charge in [0.05, 0.1) is 6.67 Å². The lowest BCUT2D eigenvalue weighted by atomic mass is 9.90. The molecule has 0 saturated carbocycles. The number of aliphatic imine (C=N–C) groups is 1. The van der Waals surface area contributed by atoms with Gasteiger partial charge in [-0.25, -0.2) is 0 Å². The minimum atomic E-state index is 0.656. The van der Waals surface area contributed by atoms with E-state index >= 15 is 0 Å². The molecule has 0 amide bonds. The van der Waals surface area contributed by atoms with Gasteiger partial charge in [0.25, 0.3) is 0 Å². The molecule has 28 heavy (non-hydrogen) atoms. The van der Waals surface area contributed by atoms with Crippen molar-refractivity contribution in [2.24, 2.45) is 4.99 Å². The maximum absolute atomic E-state index is 4.68. The first-order chi connectivity index (χ1) is 13.3. The molecule has 0 aromatic heterocycles. The van der Waals surface area contributed by atoms with Crippen molar-refractivity contribution in [3.8, 4) is 0 Å². The molecular formula is C25H31N3. The summed E-state index contributed by atoms with van der Waals surface area (Å²) in [5, 5.41) is 0. The van der Waals surface area contributed by atoms with E-state index < -0.39 is 0 Å². The van der Waals surface area contributed by atoms with E-state index in [1.54, 1.807) is 0 Å². The van der Waals surface area contributed by atoms with Crippen molar-refractivity contribution >= 4 is 28.6 Å². The molecule has 0 unspecified atom stereocenters. The van der Waals surface area contributed by atoms with E-state index in [9.17, 15) is 0 Å². The second kappa shape index (κ2) is 9.34. The lowest BCUT2D eigenvalue weighted by molar-refractivity contribution is 0.424. The van der Waals surface area contributed by atoms with Crippen LogP contribution in [0.5, 0.6) is 0 Å². The summed E-state index contributed by atoms with van der Waals surface area (Å²) in [5.41, 5.74) is 8.22. The first-order valence-electron chi connectivity index (χ1n) is 9.34. The van der Waals surface area contributed by atoms with Crippen molar-refractivity contribution < 1.29 is 0 Å². The normalized spacial score (nSPS) is 11.4. The number of anilines is 1. The largest absolute Gasteiger partial charge is 0.377 e. The summed E-state index contributed by atoms with van der Waals surface area (Å²) in [7, 11) is 8.09. The maximum atomic E-state index is 4.68. The fourth-order valence-corrected chi connectivity index (χ4v) is 3.02. The second-order valence-corrected chi connectivity index (χ2v) is 7.34. The van der Waals surface area contributed by atoms with Crippen LogP contribution in [0.15, 0.2) is 67.2 Å². The Morgan fingerprint density at radius 1 is 0.964 bits per heavy atom. The van der Waals surface area contributed by atoms with E-state index in [1.165, 1.54) is 0 Å². The van der Waals surface area contributed by atoms with Crippen LogP contribution < -0.4 is 4.90 Å². The number of benzene rings is 2. The number of allylic oxidation sites excluding steroid dienone is 2. The molecular weight excluding hydrogens is 342 g/mol. The van der Waals surface area contributed by atoms with E-state index in [-0.39, 0.29) is 0 Å². The number of hydrogen-bond acceptors (Lipinski definition) is 3. The Morgan fingerprint density at radius 3 is 2.18 bits per heavy atom. The van der Waals surface area contributed by atoms with Gasteiger partial charge in [0.1, 0.15) is 0 Å². The molecule has 0 heterocycles. The third-order valence-corrected chi connectivity index (χ3v) is 4.68. The van der Waals surface area contributed by atoms with E-state index in [0.29, 0.717) is 6.67 Å². The van der Waals surface area contributed by atoms with E-state index in [0.717, 1.165) is 44.8 Å². The molecule has 0 aliphatic rings. The van der Waals surface area contributed by atoms with Gasteiger partial charge in [-0.1, -0.05) is 62.2 Å². The summed E-state index contributed by atoms with van der Waals surface area (Å²) >= 11 is 0. The van der Waals surface area contributed by atoms with Gasteiger partial charge < -0.3 is 4.90 Å². The molecule has 3 heteroatoms. The highest BCUT2D eigenvalue weighted by Gasteiger charge is 2.13. The monoisotopic (exact) mass is 373 g/mol. The maximum Gasteiger partial charge on any atom is 0.0907 e. The van der Waals surface area contributed by atoms with Crippen molar-refractivity contribution in [2.75, 3.05) is 39.8 Å². The zero-order valence-electron chi connectivity index (χ0n) is 17.8. The highest BCUT2D eigenvalue weighted by Crippen LogP contribution is 2.33. The third kappa shape index (κ3) is 4.87. The van der Waals surface area contributed by atoms with Gasteiger partial charge in [0, 0.05) is 31.1 Å². The van der Waals surface area contributed by atoms with Crippen LogP contribution in [0.1, 0.15) is 29.2 Å². The Kier molecular flexibility index (Phi) is 7.13. The molecule has 0 atom stereocenters. The van der Waals surface area contributed by atoms with E-state index in [1.807, 2.05) is 58.2 Å². The van der Waals surface area contributed by atoms with Crippen molar-refractivity contribution in [3.63, 3.8) is 0 Å². The molecule has 0 spiro atoms. The summed E-state index contributed by atoms with van der Waals surface area (Å²) in [6.45, 7) is 15.3. The quantitative estimate of drug-likeness (QED) is 0.452. The highest BCUT2D eigenvalue weighted by atomic mass is 15.1. The molecule has 2 rings (SSSR count). The standard InChI is InChI=1S/C25H31N3/c1-9-21-14-15-22(16-25(21)28(7)8)18(2)19(3)23-12-10-11-13-24(23)20(4)26-17-27(5)6/h9-16H,1-3,17H2,4-8H3. The molecule has 146 valence electrons. The van der Waals surface area contributed by atoms with Gasteiger partial charge in [0.2, 0.25) is 0 Å². The zero-order chi connectivity index (χ0) is 20.8. The van der Waals surface area contributed by atoms with Crippen LogP contribution in [-0.2, 0) is 0 Å². The van der Waals surface area contributed by atoms with E-state index in [2.05, 4.69) is 60.0 Å². The van der Waals surface area contributed by atoms with Crippen LogP contribution in [0.2, 0.25) is 0 Å². The molecule has 0 aliphatic carbocycles. The molecule has 0 aliphatic heterocycles. The molecule has 0 N–H and O–H groups in total. The summed E-state index contributed by atoms with van der Waals surface area (Å²) in [4.78, 5) is 8.81. The van der Waals surface area contributed by atoms with Crippen molar-refractivity contribution in [1.82, 2.24) is 4.90 Å². The fraction of sp³-hybridized carbons (Fsp3) is 0.240. The third-order valence-electron chi connectivity index (χ3n) is 4.68. The molecule has 2 aromatic rings. The van der Waals surface area contributed by atoms with Crippen molar-refractivity contribution in [3.05, 3.63) is 84.5 Å². The molecule has 3 nitrogen and oxygen atoms in total. The van der Waals surface area contributed by atoms with Crippen molar-refractivity contribution in [1.29, 1.82) is 0 Å². The van der Waals surface area contributed by atoms with Gasteiger partial charge in [-0.2, -0.15) is 0 Å². The van der Waals surface area contributed by atoms with Gasteiger partial charge in [-0.3, -0.25) is 9.89 Å². The van der Waals surface area contributed by atoms with Crippen LogP contribution in [-0.4, -0.2) is 45.5 Å². The Bertz CT molecular complexity index is 917. The molecule has 0 fully saturated rings. The summed E-state index contributed by atoms with van der Waals surface area (Å²) in [5.74, 6) is 0. The molecule has 2 aromatic carbocycles. The van der Waals surface area contributed by atoms with Crippen LogP contribution in [0.3, 0.4) is 0 Å². The summed E-state index contributed by atoms with van der Waals surface area (Å²) in [6.07, 6.45) is 1.87. The Morgan fingerprint density at radius 2 is 1.61 bits per heavy atom. The van der Waals surface area contributed by atoms with Crippen LogP contribution in [0.25, 0.3) is 17.2 Å². The number of nitrogens with zero attached hydrogens (tertiary/aromatic N) is 3. The van der Waals surface area contributed by atoms with Gasteiger partial charge in [0.15, 0.2) is 0 Å².